The number of Topliss-reactive ketones (excluding diaryl/α,β-unsaturated/α-hetero) is 1. The molecule has 1 saturated heterocycles. The Morgan fingerprint density at radius 2 is 1.96 bits per heavy atom. The van der Waals surface area contributed by atoms with Crippen LogP contribution in [0.1, 0.15) is 27.8 Å². The van der Waals surface area contributed by atoms with Gasteiger partial charge in [-0.15, -0.1) is 11.3 Å². The van der Waals surface area contributed by atoms with Gasteiger partial charge in [-0.25, -0.2) is 0 Å². The maximum absolute atomic E-state index is 12.9. The number of nitrogens with zero attached hydrogens (tertiary/aromatic N) is 1. The fourth-order valence-electron chi connectivity index (χ4n) is 3.31. The summed E-state index contributed by atoms with van der Waals surface area (Å²) in [5.41, 5.74) is 1.45. The van der Waals surface area contributed by atoms with Crippen LogP contribution < -0.4 is 0 Å². The fourth-order valence-corrected chi connectivity index (χ4v) is 4.49. The van der Waals surface area contributed by atoms with Gasteiger partial charge in [-0.2, -0.15) is 0 Å². The predicted molar refractivity (Wildman–Crippen MR) is 107 cm³/mol. The summed E-state index contributed by atoms with van der Waals surface area (Å²) in [5, 5.41) is 13.3. The zero-order chi connectivity index (χ0) is 19.8. The summed E-state index contributed by atoms with van der Waals surface area (Å²) in [5.74, 6) is -1.02. The van der Waals surface area contributed by atoms with Gasteiger partial charge in [-0.05, 0) is 60.3 Å². The van der Waals surface area contributed by atoms with E-state index in [9.17, 15) is 14.7 Å². The number of halogens is 1. The van der Waals surface area contributed by atoms with E-state index in [2.05, 4.69) is 0 Å². The molecule has 1 unspecified atom stereocenters. The van der Waals surface area contributed by atoms with Crippen molar-refractivity contribution in [1.82, 2.24) is 4.90 Å². The van der Waals surface area contributed by atoms with Crippen LogP contribution in [0.15, 0.2) is 64.1 Å². The Labute approximate surface area is 170 Å². The van der Waals surface area contributed by atoms with Crippen LogP contribution in [0.3, 0.4) is 0 Å². The molecule has 5 nitrogen and oxygen atoms in total. The normalized spacial score (nSPS) is 18.8. The van der Waals surface area contributed by atoms with E-state index >= 15 is 0 Å². The monoisotopic (exact) mass is 413 g/mol. The van der Waals surface area contributed by atoms with E-state index in [0.717, 1.165) is 10.4 Å². The topological polar surface area (TPSA) is 70.8 Å². The zero-order valence-electron chi connectivity index (χ0n) is 14.9. The molecule has 3 heterocycles. The molecule has 142 valence electrons. The average Bonchev–Trinajstić information content (AvgIpc) is 3.39. The standard InChI is InChI=1S/C21H16ClNO4S/c1-12-8-10-28-20(12)17-16(18(24)13-4-6-14(22)7-5-13)19(25)21(26)23(17)11-15-3-2-9-27-15/h2-10,17,24H,11H2,1H3/b18-16-. The molecule has 3 aromatic rings. The molecule has 1 amide bonds. The van der Waals surface area contributed by atoms with Crippen LogP contribution in [0.25, 0.3) is 5.76 Å². The maximum Gasteiger partial charge on any atom is 0.296 e. The van der Waals surface area contributed by atoms with Crippen LogP contribution in [0.4, 0.5) is 0 Å². The first-order chi connectivity index (χ1) is 13.5. The molecule has 1 aliphatic heterocycles. The van der Waals surface area contributed by atoms with Gasteiger partial charge in [-0.1, -0.05) is 11.6 Å². The lowest BCUT2D eigenvalue weighted by atomic mass is 9.98. The number of benzene rings is 1. The Hall–Kier alpha value is -2.83. The van der Waals surface area contributed by atoms with Crippen LogP contribution in [0.5, 0.6) is 0 Å². The second-order valence-corrected chi connectivity index (χ2v) is 7.87. The third-order valence-electron chi connectivity index (χ3n) is 4.71. The van der Waals surface area contributed by atoms with E-state index in [1.165, 1.54) is 22.5 Å². The molecule has 0 bridgehead atoms. The molecule has 1 aromatic carbocycles. The van der Waals surface area contributed by atoms with E-state index in [-0.39, 0.29) is 17.9 Å². The van der Waals surface area contributed by atoms with Gasteiger partial charge >= 0.3 is 0 Å². The number of furan rings is 1. The number of ketones is 1. The Kier molecular flexibility index (Phi) is 4.83. The molecule has 1 fully saturated rings. The molecule has 0 spiro atoms. The minimum Gasteiger partial charge on any atom is -0.507 e. The number of likely N-dealkylation sites (tertiary alicyclic amines) is 1. The fraction of sp³-hybridized carbons (Fsp3) is 0.143. The Balaban J connectivity index is 1.87. The molecular formula is C21H16ClNO4S. The van der Waals surface area contributed by atoms with Crippen molar-refractivity contribution in [2.75, 3.05) is 0 Å². The quantitative estimate of drug-likeness (QED) is 0.374. The van der Waals surface area contributed by atoms with E-state index in [0.29, 0.717) is 16.3 Å². The SMILES string of the molecule is Cc1ccsc1C1/C(=C(/O)c2ccc(Cl)cc2)C(=O)C(=O)N1Cc1ccco1. The van der Waals surface area contributed by atoms with Crippen LogP contribution >= 0.6 is 22.9 Å². The van der Waals surface area contributed by atoms with Crippen molar-refractivity contribution in [3.63, 3.8) is 0 Å². The van der Waals surface area contributed by atoms with Gasteiger partial charge in [0.2, 0.25) is 0 Å². The van der Waals surface area contributed by atoms with E-state index in [4.69, 9.17) is 16.0 Å². The second kappa shape index (κ2) is 7.30. The minimum atomic E-state index is -0.711. The lowest BCUT2D eigenvalue weighted by Gasteiger charge is -2.24. The van der Waals surface area contributed by atoms with Crippen molar-refractivity contribution in [3.8, 4) is 0 Å². The van der Waals surface area contributed by atoms with Crippen LogP contribution in [0, 0.1) is 6.92 Å². The zero-order valence-corrected chi connectivity index (χ0v) is 16.5. The van der Waals surface area contributed by atoms with Gasteiger partial charge in [0.25, 0.3) is 11.7 Å². The Bertz CT molecular complexity index is 1070. The van der Waals surface area contributed by atoms with Crippen molar-refractivity contribution in [2.45, 2.75) is 19.5 Å². The number of hydrogen-bond acceptors (Lipinski definition) is 5. The van der Waals surface area contributed by atoms with Crippen molar-refractivity contribution < 1.29 is 19.1 Å². The van der Waals surface area contributed by atoms with E-state index in [1.54, 1.807) is 36.4 Å². The van der Waals surface area contributed by atoms with Gasteiger partial charge in [0.15, 0.2) is 0 Å². The average molecular weight is 414 g/mol. The largest absolute Gasteiger partial charge is 0.507 e. The van der Waals surface area contributed by atoms with Crippen molar-refractivity contribution in [2.24, 2.45) is 0 Å². The molecule has 0 aliphatic carbocycles. The summed E-state index contributed by atoms with van der Waals surface area (Å²) in [7, 11) is 0. The van der Waals surface area contributed by atoms with E-state index in [1.807, 2.05) is 18.4 Å². The number of rotatable bonds is 4. The predicted octanol–water partition coefficient (Wildman–Crippen LogP) is 4.92. The maximum atomic E-state index is 12.9. The lowest BCUT2D eigenvalue weighted by molar-refractivity contribution is -0.140. The molecule has 1 atom stereocenters. The summed E-state index contributed by atoms with van der Waals surface area (Å²) >= 11 is 7.37. The van der Waals surface area contributed by atoms with Gasteiger partial charge in [0, 0.05) is 15.5 Å². The number of amides is 1. The Morgan fingerprint density at radius 1 is 1.21 bits per heavy atom. The highest BCUT2D eigenvalue weighted by molar-refractivity contribution is 7.10. The molecule has 28 heavy (non-hydrogen) atoms. The summed E-state index contributed by atoms with van der Waals surface area (Å²) < 4.78 is 5.37. The number of hydrogen-bond donors (Lipinski definition) is 1. The molecule has 1 N–H and O–H groups in total. The lowest BCUT2D eigenvalue weighted by Crippen LogP contribution is -2.28. The summed E-state index contributed by atoms with van der Waals surface area (Å²) in [4.78, 5) is 28.0. The Morgan fingerprint density at radius 3 is 2.57 bits per heavy atom. The summed E-state index contributed by atoms with van der Waals surface area (Å²) in [6.07, 6.45) is 1.52. The molecule has 4 rings (SSSR count). The third-order valence-corrected chi connectivity index (χ3v) is 6.04. The smallest absolute Gasteiger partial charge is 0.296 e. The van der Waals surface area contributed by atoms with E-state index < -0.39 is 17.7 Å². The minimum absolute atomic E-state index is 0.0735. The first-order valence-electron chi connectivity index (χ1n) is 8.58. The van der Waals surface area contributed by atoms with Crippen molar-refractivity contribution in [3.05, 3.63) is 86.5 Å². The highest BCUT2D eigenvalue weighted by Crippen LogP contribution is 2.43. The highest BCUT2D eigenvalue weighted by Gasteiger charge is 2.47. The van der Waals surface area contributed by atoms with Gasteiger partial charge in [-0.3, -0.25) is 9.59 Å². The number of thiophene rings is 1. The molecule has 0 radical (unpaired) electrons. The number of carbonyl (C=O) groups excluding carboxylic acids is 2. The first-order valence-corrected chi connectivity index (χ1v) is 9.84. The molecule has 1 aliphatic rings. The molecule has 7 heteroatoms. The molecule has 2 aromatic heterocycles. The first kappa shape index (κ1) is 18.5. The van der Waals surface area contributed by atoms with Crippen LogP contribution in [0.2, 0.25) is 5.02 Å². The molecule has 0 saturated carbocycles. The number of aliphatic hydroxyl groups excluding tert-OH is 1. The summed E-state index contributed by atoms with van der Waals surface area (Å²) in [6.45, 7) is 2.05. The number of carbonyl (C=O) groups is 2. The number of aryl methyl sites for hydroxylation is 1. The van der Waals surface area contributed by atoms with Crippen molar-refractivity contribution >= 4 is 40.4 Å². The van der Waals surface area contributed by atoms with Gasteiger partial charge in [0.1, 0.15) is 17.6 Å². The van der Waals surface area contributed by atoms with Gasteiger partial charge < -0.3 is 14.4 Å². The highest BCUT2D eigenvalue weighted by atomic mass is 35.5. The van der Waals surface area contributed by atoms with Crippen LogP contribution in [-0.2, 0) is 16.1 Å². The second-order valence-electron chi connectivity index (χ2n) is 6.48. The number of aliphatic hydroxyl groups is 1. The third kappa shape index (κ3) is 3.15. The van der Waals surface area contributed by atoms with Crippen LogP contribution in [-0.4, -0.2) is 21.7 Å². The summed E-state index contributed by atoms with van der Waals surface area (Å²) in [6, 6.07) is 11.2. The molecular weight excluding hydrogens is 398 g/mol. The van der Waals surface area contributed by atoms with Crippen molar-refractivity contribution in [1.29, 1.82) is 0 Å². The van der Waals surface area contributed by atoms with Gasteiger partial charge in [0.05, 0.1) is 18.4 Å².